The minimum Gasteiger partial charge on any atom is -0.370 e. The Morgan fingerprint density at radius 1 is 1.14 bits per heavy atom. The van der Waals surface area contributed by atoms with Gasteiger partial charge >= 0.3 is 0 Å². The van der Waals surface area contributed by atoms with Crippen molar-refractivity contribution in [2.45, 2.75) is 53.0 Å². The number of hydrogen-bond donors (Lipinski definition) is 1. The van der Waals surface area contributed by atoms with Crippen LogP contribution < -0.4 is 5.32 Å². The van der Waals surface area contributed by atoms with Gasteiger partial charge in [0.25, 0.3) is 0 Å². The highest BCUT2D eigenvalue weighted by molar-refractivity contribution is 5.36. The lowest BCUT2D eigenvalue weighted by molar-refractivity contribution is 0.643. The predicted octanol–water partition coefficient (Wildman–Crippen LogP) is 3.06. The Kier molecular flexibility index (Phi) is 5.72. The first-order valence-electron chi connectivity index (χ1n) is 7.87. The van der Waals surface area contributed by atoms with Crippen molar-refractivity contribution >= 4 is 5.82 Å². The molecule has 1 N–H and O–H groups in total. The van der Waals surface area contributed by atoms with Crippen molar-refractivity contribution in [3.05, 3.63) is 35.8 Å². The predicted molar refractivity (Wildman–Crippen MR) is 85.5 cm³/mol. The molecule has 5 heteroatoms. The van der Waals surface area contributed by atoms with Crippen LogP contribution in [0.4, 0.5) is 5.82 Å². The van der Waals surface area contributed by atoms with Crippen LogP contribution in [-0.2, 0) is 19.4 Å². The lowest BCUT2D eigenvalue weighted by Gasteiger charge is -2.10. The monoisotopic (exact) mass is 287 g/mol. The fourth-order valence-electron chi connectivity index (χ4n) is 2.36. The van der Waals surface area contributed by atoms with E-state index in [4.69, 9.17) is 0 Å². The van der Waals surface area contributed by atoms with Crippen LogP contribution >= 0.6 is 0 Å². The molecule has 0 amide bonds. The van der Waals surface area contributed by atoms with Crippen LogP contribution in [0, 0.1) is 0 Å². The van der Waals surface area contributed by atoms with Crippen molar-refractivity contribution in [2.24, 2.45) is 0 Å². The fourth-order valence-corrected chi connectivity index (χ4v) is 2.36. The number of aryl methyl sites for hydroxylation is 2. The smallest absolute Gasteiger partial charge is 0.131 e. The Labute approximate surface area is 126 Å². The highest BCUT2D eigenvalue weighted by atomic mass is 15.1. The molecule has 0 fully saturated rings. The number of nitrogens with zero attached hydrogens (tertiary/aromatic N) is 4. The number of nitrogens with one attached hydrogen (secondary N) is 1. The fraction of sp³-hybridized carbons (Fsp3) is 0.562. The summed E-state index contributed by atoms with van der Waals surface area (Å²) in [6.45, 7) is 8.28. The maximum Gasteiger partial charge on any atom is 0.131 e. The summed E-state index contributed by atoms with van der Waals surface area (Å²) in [6.07, 6.45) is 7.74. The van der Waals surface area contributed by atoms with Crippen LogP contribution in [0.2, 0.25) is 0 Å². The van der Waals surface area contributed by atoms with Gasteiger partial charge in [0.1, 0.15) is 17.5 Å². The van der Waals surface area contributed by atoms with Gasteiger partial charge < -0.3 is 9.88 Å². The number of imidazole rings is 1. The topological polar surface area (TPSA) is 55.6 Å². The molecule has 0 spiro atoms. The zero-order chi connectivity index (χ0) is 15.1. The van der Waals surface area contributed by atoms with Crippen LogP contribution in [-0.4, -0.2) is 26.1 Å². The quantitative estimate of drug-likeness (QED) is 0.810. The Bertz CT molecular complexity index is 537. The van der Waals surface area contributed by atoms with Gasteiger partial charge in [0, 0.05) is 44.4 Å². The molecule has 2 heterocycles. The average Bonchev–Trinajstić information content (AvgIpc) is 2.87. The molecule has 0 aliphatic heterocycles. The zero-order valence-corrected chi connectivity index (χ0v) is 13.3. The standard InChI is InChI=1S/C16H25N5/c1-4-7-14-19-13(11-15(20-14)17-6-3)12-16-18-8-10-21(16)9-5-2/h8,10-11H,4-7,9,12H2,1-3H3,(H,17,19,20). The average molecular weight is 287 g/mol. The van der Waals surface area contributed by atoms with Gasteiger partial charge in [-0.3, -0.25) is 0 Å². The minimum absolute atomic E-state index is 0.755. The third-order valence-electron chi connectivity index (χ3n) is 3.26. The molecule has 0 bridgehead atoms. The van der Waals surface area contributed by atoms with Crippen molar-refractivity contribution in [1.29, 1.82) is 0 Å². The van der Waals surface area contributed by atoms with Crippen molar-refractivity contribution in [3.63, 3.8) is 0 Å². The molecule has 0 saturated carbocycles. The van der Waals surface area contributed by atoms with E-state index in [2.05, 4.69) is 45.6 Å². The lowest BCUT2D eigenvalue weighted by Crippen LogP contribution is -2.09. The summed E-state index contributed by atoms with van der Waals surface area (Å²) in [5, 5.41) is 3.29. The molecule has 0 aliphatic carbocycles. The molecule has 0 radical (unpaired) electrons. The van der Waals surface area contributed by atoms with Gasteiger partial charge in [-0.15, -0.1) is 0 Å². The second kappa shape index (κ2) is 7.76. The highest BCUT2D eigenvalue weighted by Gasteiger charge is 2.08. The molecule has 114 valence electrons. The molecule has 0 aromatic carbocycles. The van der Waals surface area contributed by atoms with E-state index in [1.807, 2.05) is 18.5 Å². The van der Waals surface area contributed by atoms with Crippen molar-refractivity contribution in [2.75, 3.05) is 11.9 Å². The van der Waals surface area contributed by atoms with E-state index in [0.29, 0.717) is 0 Å². The Balaban J connectivity index is 2.23. The first-order chi connectivity index (χ1) is 10.3. The molecular formula is C16H25N5. The van der Waals surface area contributed by atoms with E-state index in [1.165, 1.54) is 0 Å². The Morgan fingerprint density at radius 2 is 2.00 bits per heavy atom. The number of hydrogen-bond acceptors (Lipinski definition) is 4. The van der Waals surface area contributed by atoms with Gasteiger partial charge in [0.15, 0.2) is 0 Å². The molecule has 2 aromatic rings. The van der Waals surface area contributed by atoms with Gasteiger partial charge in [-0.1, -0.05) is 13.8 Å². The normalized spacial score (nSPS) is 10.8. The summed E-state index contributed by atoms with van der Waals surface area (Å²) in [4.78, 5) is 13.7. The third kappa shape index (κ3) is 4.28. The molecule has 0 unspecified atom stereocenters. The molecule has 0 aliphatic rings. The molecule has 5 nitrogen and oxygen atoms in total. The summed E-state index contributed by atoms with van der Waals surface area (Å²) < 4.78 is 2.20. The number of anilines is 1. The van der Waals surface area contributed by atoms with Gasteiger partial charge in [0.05, 0.1) is 5.69 Å². The van der Waals surface area contributed by atoms with Gasteiger partial charge in [-0.25, -0.2) is 15.0 Å². The van der Waals surface area contributed by atoms with Crippen LogP contribution in [0.1, 0.15) is 51.0 Å². The number of aromatic nitrogens is 4. The van der Waals surface area contributed by atoms with Crippen LogP contribution in [0.5, 0.6) is 0 Å². The van der Waals surface area contributed by atoms with Crippen molar-refractivity contribution in [1.82, 2.24) is 19.5 Å². The van der Waals surface area contributed by atoms with E-state index in [1.54, 1.807) is 0 Å². The maximum absolute atomic E-state index is 4.68. The second-order valence-electron chi connectivity index (χ2n) is 5.15. The maximum atomic E-state index is 4.68. The van der Waals surface area contributed by atoms with E-state index >= 15 is 0 Å². The third-order valence-corrected chi connectivity index (χ3v) is 3.26. The molecular weight excluding hydrogens is 262 g/mol. The van der Waals surface area contributed by atoms with E-state index in [0.717, 1.165) is 61.9 Å². The lowest BCUT2D eigenvalue weighted by atomic mass is 10.2. The summed E-state index contributed by atoms with van der Waals surface area (Å²) in [6, 6.07) is 2.04. The van der Waals surface area contributed by atoms with Gasteiger partial charge in [-0.05, 0) is 19.8 Å². The van der Waals surface area contributed by atoms with Crippen molar-refractivity contribution in [3.8, 4) is 0 Å². The van der Waals surface area contributed by atoms with Crippen molar-refractivity contribution < 1.29 is 0 Å². The Morgan fingerprint density at radius 3 is 2.71 bits per heavy atom. The first kappa shape index (κ1) is 15.5. The zero-order valence-electron chi connectivity index (χ0n) is 13.3. The molecule has 2 rings (SSSR count). The minimum atomic E-state index is 0.755. The van der Waals surface area contributed by atoms with Crippen LogP contribution in [0.25, 0.3) is 0 Å². The van der Waals surface area contributed by atoms with Crippen LogP contribution in [0.3, 0.4) is 0 Å². The molecule has 0 saturated heterocycles. The van der Waals surface area contributed by atoms with E-state index in [9.17, 15) is 0 Å². The Hall–Kier alpha value is -1.91. The molecule has 2 aromatic heterocycles. The summed E-state index contributed by atoms with van der Waals surface area (Å²) in [7, 11) is 0. The van der Waals surface area contributed by atoms with Gasteiger partial charge in [0.2, 0.25) is 0 Å². The summed E-state index contributed by atoms with van der Waals surface area (Å²) in [5.41, 5.74) is 1.04. The SMILES string of the molecule is CCCc1nc(Cc2nccn2CCC)cc(NCC)n1. The largest absolute Gasteiger partial charge is 0.370 e. The first-order valence-corrected chi connectivity index (χ1v) is 7.87. The molecule has 0 atom stereocenters. The van der Waals surface area contributed by atoms with Gasteiger partial charge in [-0.2, -0.15) is 0 Å². The number of rotatable bonds is 8. The summed E-state index contributed by atoms with van der Waals surface area (Å²) in [5.74, 6) is 2.90. The highest BCUT2D eigenvalue weighted by Crippen LogP contribution is 2.12. The van der Waals surface area contributed by atoms with E-state index in [-0.39, 0.29) is 0 Å². The second-order valence-corrected chi connectivity index (χ2v) is 5.15. The molecule has 21 heavy (non-hydrogen) atoms. The van der Waals surface area contributed by atoms with E-state index < -0.39 is 0 Å². The van der Waals surface area contributed by atoms with Crippen LogP contribution in [0.15, 0.2) is 18.5 Å². The summed E-state index contributed by atoms with van der Waals surface area (Å²) >= 11 is 0.